The number of carboxylic acids is 1. The summed E-state index contributed by atoms with van der Waals surface area (Å²) in [7, 11) is 0. The molecular formula is C14H24N2O3. The van der Waals surface area contributed by atoms with E-state index < -0.39 is 12.0 Å². The van der Waals surface area contributed by atoms with Crippen LogP contribution >= 0.6 is 0 Å². The topological polar surface area (TPSA) is 60.9 Å². The zero-order valence-electron chi connectivity index (χ0n) is 11.8. The lowest BCUT2D eigenvalue weighted by Crippen LogP contribution is -2.58. The number of hydrogen-bond donors (Lipinski definition) is 1. The largest absolute Gasteiger partial charge is 0.480 e. The van der Waals surface area contributed by atoms with Gasteiger partial charge in [-0.15, -0.1) is 0 Å². The third kappa shape index (κ3) is 2.85. The highest BCUT2D eigenvalue weighted by Crippen LogP contribution is 2.26. The van der Waals surface area contributed by atoms with Crippen molar-refractivity contribution in [2.75, 3.05) is 6.54 Å². The Morgan fingerprint density at radius 3 is 2.21 bits per heavy atom. The van der Waals surface area contributed by atoms with Gasteiger partial charge in [0.05, 0.1) is 0 Å². The van der Waals surface area contributed by atoms with E-state index in [2.05, 4.69) is 13.8 Å². The highest BCUT2D eigenvalue weighted by Gasteiger charge is 2.38. The van der Waals surface area contributed by atoms with Crippen molar-refractivity contribution in [1.82, 2.24) is 9.80 Å². The van der Waals surface area contributed by atoms with Crippen LogP contribution in [-0.4, -0.2) is 51.6 Å². The summed E-state index contributed by atoms with van der Waals surface area (Å²) < 4.78 is 0. The lowest BCUT2D eigenvalue weighted by molar-refractivity contribution is -0.143. The van der Waals surface area contributed by atoms with Crippen molar-refractivity contribution in [3.8, 4) is 0 Å². The molecule has 0 aromatic rings. The smallest absolute Gasteiger partial charge is 0.326 e. The summed E-state index contributed by atoms with van der Waals surface area (Å²) in [5, 5.41) is 9.28. The predicted octanol–water partition coefficient (Wildman–Crippen LogP) is 2.31. The van der Waals surface area contributed by atoms with Crippen LogP contribution in [-0.2, 0) is 4.79 Å². The van der Waals surface area contributed by atoms with Crippen LogP contribution in [0, 0.1) is 0 Å². The van der Waals surface area contributed by atoms with E-state index in [1.54, 1.807) is 4.90 Å². The Morgan fingerprint density at radius 2 is 1.63 bits per heavy atom. The van der Waals surface area contributed by atoms with Crippen LogP contribution in [0.5, 0.6) is 0 Å². The fourth-order valence-corrected chi connectivity index (χ4v) is 3.36. The molecule has 1 unspecified atom stereocenters. The maximum absolute atomic E-state index is 12.7. The zero-order valence-corrected chi connectivity index (χ0v) is 11.8. The molecule has 2 aliphatic heterocycles. The number of urea groups is 1. The number of piperidine rings is 2. The number of amides is 2. The molecule has 0 saturated carbocycles. The Kier molecular flexibility index (Phi) is 4.32. The minimum atomic E-state index is -0.870. The Morgan fingerprint density at radius 1 is 1.00 bits per heavy atom. The summed E-state index contributed by atoms with van der Waals surface area (Å²) in [5.41, 5.74) is 0. The minimum Gasteiger partial charge on any atom is -0.480 e. The van der Waals surface area contributed by atoms with Gasteiger partial charge in [-0.25, -0.2) is 9.59 Å². The summed E-state index contributed by atoms with van der Waals surface area (Å²) in [4.78, 5) is 27.4. The molecule has 3 atom stereocenters. The van der Waals surface area contributed by atoms with Gasteiger partial charge >= 0.3 is 12.0 Å². The van der Waals surface area contributed by atoms with Gasteiger partial charge in [0.1, 0.15) is 6.04 Å². The van der Waals surface area contributed by atoms with Crippen LogP contribution in [0.3, 0.4) is 0 Å². The summed E-state index contributed by atoms with van der Waals surface area (Å²) >= 11 is 0. The normalized spacial score (nSPS) is 32.2. The number of likely N-dealkylation sites (tertiary alicyclic amines) is 2. The van der Waals surface area contributed by atoms with Gasteiger partial charge in [0.15, 0.2) is 0 Å². The number of carboxylic acid groups (broad SMARTS) is 1. The molecule has 2 heterocycles. The van der Waals surface area contributed by atoms with Crippen molar-refractivity contribution >= 4 is 12.0 Å². The predicted molar refractivity (Wildman–Crippen MR) is 72.0 cm³/mol. The van der Waals surface area contributed by atoms with Gasteiger partial charge in [-0.1, -0.05) is 0 Å². The van der Waals surface area contributed by atoms with E-state index in [4.69, 9.17) is 0 Å². The summed E-state index contributed by atoms with van der Waals surface area (Å²) in [6, 6.07) is -0.283. The standard InChI is InChI=1S/C14H24N2O3/c1-10-6-5-7-11(2)16(10)14(19)15-9-4-3-8-12(15)13(17)18/h10-12H,3-9H2,1-2H3,(H,17,18)/t10-,11+,12?. The minimum absolute atomic E-state index is 0.0770. The fourth-order valence-electron chi connectivity index (χ4n) is 3.36. The van der Waals surface area contributed by atoms with Crippen LogP contribution in [0.25, 0.3) is 0 Å². The van der Waals surface area contributed by atoms with Crippen LogP contribution in [0.4, 0.5) is 4.79 Å². The first-order chi connectivity index (χ1) is 9.02. The molecule has 2 amide bonds. The monoisotopic (exact) mass is 268 g/mol. The molecule has 2 aliphatic rings. The molecule has 19 heavy (non-hydrogen) atoms. The Bertz CT molecular complexity index is 349. The third-order valence-corrected chi connectivity index (χ3v) is 4.45. The molecule has 0 aromatic carbocycles. The first-order valence-corrected chi connectivity index (χ1v) is 7.34. The van der Waals surface area contributed by atoms with Gasteiger partial charge in [0.25, 0.3) is 0 Å². The number of carbonyl (C=O) groups excluding carboxylic acids is 1. The summed E-state index contributed by atoms with van der Waals surface area (Å²) in [5.74, 6) is -0.870. The lowest BCUT2D eigenvalue weighted by Gasteiger charge is -2.44. The van der Waals surface area contributed by atoms with Gasteiger partial charge < -0.3 is 14.9 Å². The summed E-state index contributed by atoms with van der Waals surface area (Å²) in [6.45, 7) is 4.70. The molecule has 2 rings (SSSR count). The summed E-state index contributed by atoms with van der Waals surface area (Å²) in [6.07, 6.45) is 5.56. The molecule has 108 valence electrons. The molecule has 5 nitrogen and oxygen atoms in total. The van der Waals surface area contributed by atoms with Crippen LogP contribution in [0.2, 0.25) is 0 Å². The van der Waals surface area contributed by atoms with Crippen LogP contribution in [0.1, 0.15) is 52.4 Å². The first-order valence-electron chi connectivity index (χ1n) is 7.34. The third-order valence-electron chi connectivity index (χ3n) is 4.45. The molecule has 0 bridgehead atoms. The number of carbonyl (C=O) groups is 2. The SMILES string of the molecule is C[C@@H]1CCC[C@H](C)N1C(=O)N1CCCCC1C(=O)O. The quantitative estimate of drug-likeness (QED) is 0.794. The number of nitrogens with zero attached hydrogens (tertiary/aromatic N) is 2. The molecule has 0 spiro atoms. The molecule has 2 fully saturated rings. The van der Waals surface area contributed by atoms with Crippen LogP contribution < -0.4 is 0 Å². The molecule has 5 heteroatoms. The lowest BCUT2D eigenvalue weighted by atomic mass is 9.97. The second-order valence-electron chi connectivity index (χ2n) is 5.86. The Labute approximate surface area is 114 Å². The van der Waals surface area contributed by atoms with Crippen molar-refractivity contribution in [2.45, 2.75) is 70.5 Å². The van der Waals surface area contributed by atoms with E-state index >= 15 is 0 Å². The van der Waals surface area contributed by atoms with E-state index in [1.807, 2.05) is 4.90 Å². The fraction of sp³-hybridized carbons (Fsp3) is 0.857. The highest BCUT2D eigenvalue weighted by molar-refractivity contribution is 5.83. The van der Waals surface area contributed by atoms with E-state index in [-0.39, 0.29) is 18.1 Å². The van der Waals surface area contributed by atoms with Gasteiger partial charge in [-0.3, -0.25) is 0 Å². The molecule has 1 N–H and O–H groups in total. The Balaban J connectivity index is 2.14. The molecule has 0 aromatic heterocycles. The van der Waals surface area contributed by atoms with Crippen molar-refractivity contribution in [2.24, 2.45) is 0 Å². The van der Waals surface area contributed by atoms with Gasteiger partial charge in [-0.05, 0) is 52.4 Å². The average molecular weight is 268 g/mol. The van der Waals surface area contributed by atoms with Crippen molar-refractivity contribution < 1.29 is 14.7 Å². The molecule has 0 aliphatic carbocycles. The van der Waals surface area contributed by atoms with E-state index in [0.717, 1.165) is 32.1 Å². The number of hydrogen-bond acceptors (Lipinski definition) is 2. The highest BCUT2D eigenvalue weighted by atomic mass is 16.4. The zero-order chi connectivity index (χ0) is 14.0. The number of rotatable bonds is 1. The van der Waals surface area contributed by atoms with E-state index in [0.29, 0.717) is 13.0 Å². The maximum atomic E-state index is 12.7. The van der Waals surface area contributed by atoms with Gasteiger partial charge in [0.2, 0.25) is 0 Å². The second kappa shape index (κ2) is 5.80. The maximum Gasteiger partial charge on any atom is 0.326 e. The number of aliphatic carboxylic acids is 1. The second-order valence-corrected chi connectivity index (χ2v) is 5.86. The van der Waals surface area contributed by atoms with Crippen molar-refractivity contribution in [3.05, 3.63) is 0 Å². The molecule has 0 radical (unpaired) electrons. The van der Waals surface area contributed by atoms with Crippen molar-refractivity contribution in [1.29, 1.82) is 0 Å². The average Bonchev–Trinajstić information content (AvgIpc) is 2.38. The van der Waals surface area contributed by atoms with Crippen LogP contribution in [0.15, 0.2) is 0 Å². The van der Waals surface area contributed by atoms with Crippen molar-refractivity contribution in [3.63, 3.8) is 0 Å². The van der Waals surface area contributed by atoms with Gasteiger partial charge in [0, 0.05) is 18.6 Å². The van der Waals surface area contributed by atoms with Gasteiger partial charge in [-0.2, -0.15) is 0 Å². The Hall–Kier alpha value is -1.26. The first kappa shape index (κ1) is 14.2. The van der Waals surface area contributed by atoms with E-state index in [9.17, 15) is 14.7 Å². The molecular weight excluding hydrogens is 244 g/mol. The van der Waals surface area contributed by atoms with E-state index in [1.165, 1.54) is 0 Å². The molecule has 2 saturated heterocycles.